The largest absolute Gasteiger partial charge is 0.393 e. The second-order valence-corrected chi connectivity index (χ2v) is 10.8. The predicted octanol–water partition coefficient (Wildman–Crippen LogP) is 4.87. The van der Waals surface area contributed by atoms with E-state index in [0.717, 1.165) is 55.8 Å². The molecule has 4 heteroatoms. The molecule has 0 radical (unpaired) electrons. The molecule has 4 nitrogen and oxygen atoms in total. The van der Waals surface area contributed by atoms with Gasteiger partial charge < -0.3 is 5.11 Å². The van der Waals surface area contributed by atoms with Gasteiger partial charge in [0, 0.05) is 18.2 Å². The van der Waals surface area contributed by atoms with Crippen LogP contribution in [0.3, 0.4) is 0 Å². The van der Waals surface area contributed by atoms with Crippen LogP contribution in [0.1, 0.15) is 77.8 Å². The van der Waals surface area contributed by atoms with Gasteiger partial charge in [-0.1, -0.05) is 13.8 Å². The Hall–Kier alpha value is -1.42. The van der Waals surface area contributed by atoms with Crippen molar-refractivity contribution in [3.63, 3.8) is 0 Å². The highest BCUT2D eigenvalue weighted by atomic mass is 16.3. The molecule has 1 aromatic heterocycles. The van der Waals surface area contributed by atoms with Gasteiger partial charge in [0.25, 0.3) is 0 Å². The first kappa shape index (κ1) is 19.5. The summed E-state index contributed by atoms with van der Waals surface area (Å²) in [7, 11) is 0. The zero-order chi connectivity index (χ0) is 20.4. The summed E-state index contributed by atoms with van der Waals surface area (Å²) in [5.41, 5.74) is 2.27. The van der Waals surface area contributed by atoms with Crippen molar-refractivity contribution in [1.29, 1.82) is 0 Å². The Balaban J connectivity index is 1.45. The minimum Gasteiger partial charge on any atom is -0.393 e. The van der Waals surface area contributed by atoms with E-state index in [0.29, 0.717) is 29.0 Å². The van der Waals surface area contributed by atoms with Crippen molar-refractivity contribution in [2.45, 2.75) is 84.8 Å². The molecule has 4 fully saturated rings. The van der Waals surface area contributed by atoms with Gasteiger partial charge in [-0.15, -0.1) is 0 Å². The molecule has 1 heterocycles. The van der Waals surface area contributed by atoms with E-state index < -0.39 is 0 Å². The number of carbonyl (C=O) groups is 1. The van der Waals surface area contributed by atoms with Gasteiger partial charge in [0.15, 0.2) is 5.78 Å². The summed E-state index contributed by atoms with van der Waals surface area (Å²) < 4.78 is 1.98. The molecule has 7 atom stereocenters. The highest BCUT2D eigenvalue weighted by Gasteiger charge is 2.61. The molecule has 0 amide bonds. The molecule has 1 N–H and O–H groups in total. The van der Waals surface area contributed by atoms with E-state index in [1.807, 2.05) is 16.9 Å². The summed E-state index contributed by atoms with van der Waals surface area (Å²) in [4.78, 5) is 13.5. The van der Waals surface area contributed by atoms with Gasteiger partial charge in [-0.3, -0.25) is 9.48 Å². The molecule has 0 unspecified atom stereocenters. The first-order chi connectivity index (χ1) is 13.9. The average Bonchev–Trinajstić information content (AvgIpc) is 3.25. The van der Waals surface area contributed by atoms with Crippen molar-refractivity contribution < 1.29 is 9.90 Å². The maximum atomic E-state index is 13.5. The number of allylic oxidation sites excluding steroid dienone is 1. The second kappa shape index (κ2) is 6.80. The molecule has 0 saturated heterocycles. The van der Waals surface area contributed by atoms with Crippen LogP contribution in [0.5, 0.6) is 0 Å². The molecule has 0 spiro atoms. The van der Waals surface area contributed by atoms with Crippen molar-refractivity contribution in [3.05, 3.63) is 23.5 Å². The number of nitrogens with zero attached hydrogens (tertiary/aromatic N) is 2. The van der Waals surface area contributed by atoms with Crippen molar-refractivity contribution >= 4 is 11.9 Å². The number of carbonyl (C=O) groups excluding carboxylic acids is 1. The van der Waals surface area contributed by atoms with Crippen molar-refractivity contribution in [3.8, 4) is 0 Å². The molecule has 0 aliphatic heterocycles. The van der Waals surface area contributed by atoms with E-state index >= 15 is 0 Å². The van der Waals surface area contributed by atoms with Gasteiger partial charge >= 0.3 is 0 Å². The molecule has 29 heavy (non-hydrogen) atoms. The quantitative estimate of drug-likeness (QED) is 0.726. The first-order valence-electron chi connectivity index (χ1n) is 11.8. The number of fused-ring (bicyclic) bond motifs is 5. The van der Waals surface area contributed by atoms with E-state index in [1.54, 1.807) is 0 Å². The van der Waals surface area contributed by atoms with E-state index in [9.17, 15) is 9.90 Å². The highest BCUT2D eigenvalue weighted by Crippen LogP contribution is 2.66. The molecule has 1 aromatic rings. The van der Waals surface area contributed by atoms with Gasteiger partial charge in [-0.2, -0.15) is 5.10 Å². The standard InChI is InChI=1S/C25H36N2O2/c1-4-27-18(9-12-26-27)13-16-14-22-20-6-5-17-15-19(28)7-10-24(17,2)21(20)8-11-25(22,3)23(16)29/h9,12-13,17,19-22,28H,4-8,10-11,14-15H2,1-3H3/b16-13-/t17-,19+,20-,21+,22+,24-,25-/m0/s1. The van der Waals surface area contributed by atoms with Crippen LogP contribution in [0.4, 0.5) is 0 Å². The van der Waals surface area contributed by atoms with E-state index in [1.165, 1.54) is 19.3 Å². The summed E-state index contributed by atoms with van der Waals surface area (Å²) in [6, 6.07) is 2.02. The number of Topliss-reactive ketones (excluding diaryl/α,β-unsaturated/α-hetero) is 1. The average molecular weight is 397 g/mol. The van der Waals surface area contributed by atoms with Crippen LogP contribution in [-0.2, 0) is 11.3 Å². The number of hydrogen-bond donors (Lipinski definition) is 1. The fourth-order valence-electron chi connectivity index (χ4n) is 7.94. The number of rotatable bonds is 2. The van der Waals surface area contributed by atoms with Crippen molar-refractivity contribution in [1.82, 2.24) is 9.78 Å². The number of aryl methyl sites for hydroxylation is 1. The van der Waals surface area contributed by atoms with Crippen LogP contribution in [0.25, 0.3) is 6.08 Å². The molecule has 158 valence electrons. The van der Waals surface area contributed by atoms with Crippen LogP contribution in [0.2, 0.25) is 0 Å². The summed E-state index contributed by atoms with van der Waals surface area (Å²) >= 11 is 0. The van der Waals surface area contributed by atoms with Gasteiger partial charge in [0.1, 0.15) is 0 Å². The summed E-state index contributed by atoms with van der Waals surface area (Å²) in [6.45, 7) is 7.69. The molecule has 5 rings (SSSR count). The number of ketones is 1. The number of aliphatic hydroxyl groups excluding tert-OH is 1. The minimum absolute atomic E-state index is 0.0931. The van der Waals surface area contributed by atoms with Gasteiger partial charge in [0.05, 0.1) is 11.8 Å². The fraction of sp³-hybridized carbons (Fsp3) is 0.760. The monoisotopic (exact) mass is 396 g/mol. The van der Waals surface area contributed by atoms with E-state index in [2.05, 4.69) is 31.9 Å². The number of hydrogen-bond acceptors (Lipinski definition) is 3. The smallest absolute Gasteiger partial charge is 0.165 e. The Morgan fingerprint density at radius 1 is 1.21 bits per heavy atom. The number of aliphatic hydroxyl groups is 1. The third-order valence-electron chi connectivity index (χ3n) is 9.65. The lowest BCUT2D eigenvalue weighted by atomic mass is 9.45. The Morgan fingerprint density at radius 3 is 2.83 bits per heavy atom. The summed E-state index contributed by atoms with van der Waals surface area (Å²) in [5, 5.41) is 14.6. The van der Waals surface area contributed by atoms with Crippen LogP contribution < -0.4 is 0 Å². The first-order valence-corrected chi connectivity index (χ1v) is 11.8. The Kier molecular flexibility index (Phi) is 4.58. The van der Waals surface area contributed by atoms with E-state index in [-0.39, 0.29) is 11.5 Å². The van der Waals surface area contributed by atoms with Gasteiger partial charge in [-0.25, -0.2) is 0 Å². The molecular weight excluding hydrogens is 360 g/mol. The summed E-state index contributed by atoms with van der Waals surface area (Å²) in [5.74, 6) is 2.94. The second-order valence-electron chi connectivity index (χ2n) is 10.8. The SMILES string of the molecule is CCn1nccc1/C=C1/C[C@@H]2[C@H]3CC[C@H]4C[C@H](O)CC[C@]4(C)[C@@H]3CC[C@]2(C)C1=O. The molecular formula is C25H36N2O2. The number of aromatic nitrogens is 2. The maximum Gasteiger partial charge on any atom is 0.165 e. The molecule has 0 aromatic carbocycles. The van der Waals surface area contributed by atoms with Crippen molar-refractivity contribution in [2.75, 3.05) is 0 Å². The van der Waals surface area contributed by atoms with E-state index in [4.69, 9.17) is 0 Å². The lowest BCUT2D eigenvalue weighted by Gasteiger charge is -2.59. The fourth-order valence-corrected chi connectivity index (χ4v) is 7.94. The molecule has 4 aliphatic rings. The third kappa shape index (κ3) is 2.81. The predicted molar refractivity (Wildman–Crippen MR) is 114 cm³/mol. The summed E-state index contributed by atoms with van der Waals surface area (Å²) in [6.07, 6.45) is 12.6. The Labute approximate surface area is 174 Å². The lowest BCUT2D eigenvalue weighted by molar-refractivity contribution is -0.141. The zero-order valence-electron chi connectivity index (χ0n) is 18.2. The lowest BCUT2D eigenvalue weighted by Crippen LogP contribution is -2.54. The maximum absolute atomic E-state index is 13.5. The Bertz CT molecular complexity index is 842. The minimum atomic E-state index is -0.179. The van der Waals surface area contributed by atoms with Crippen LogP contribution in [0.15, 0.2) is 17.8 Å². The highest BCUT2D eigenvalue weighted by molar-refractivity contribution is 6.05. The zero-order valence-corrected chi connectivity index (χ0v) is 18.2. The van der Waals surface area contributed by atoms with Crippen molar-refractivity contribution in [2.24, 2.45) is 34.5 Å². The van der Waals surface area contributed by atoms with Gasteiger partial charge in [0.2, 0.25) is 0 Å². The normalized spacial score (nSPS) is 45.7. The van der Waals surface area contributed by atoms with Crippen LogP contribution in [0, 0.1) is 34.5 Å². The van der Waals surface area contributed by atoms with Gasteiger partial charge in [-0.05, 0) is 105 Å². The third-order valence-corrected chi connectivity index (χ3v) is 9.65. The topological polar surface area (TPSA) is 55.1 Å². The molecule has 4 aliphatic carbocycles. The molecule has 4 saturated carbocycles. The molecule has 0 bridgehead atoms. The van der Waals surface area contributed by atoms with Crippen LogP contribution >= 0.6 is 0 Å². The van der Waals surface area contributed by atoms with Crippen LogP contribution in [-0.4, -0.2) is 26.8 Å². The Morgan fingerprint density at radius 2 is 2.03 bits per heavy atom.